The fraction of sp³-hybridized carbons (Fsp3) is 0.440. The zero-order chi connectivity index (χ0) is 22.6. The second-order valence-corrected chi connectivity index (χ2v) is 10.1. The molecule has 0 saturated carbocycles. The van der Waals surface area contributed by atoms with E-state index in [1.807, 2.05) is 44.2 Å². The van der Waals surface area contributed by atoms with Crippen molar-refractivity contribution in [3.05, 3.63) is 51.2 Å². The number of benzene rings is 1. The molecule has 0 unspecified atom stereocenters. The van der Waals surface area contributed by atoms with Crippen LogP contribution in [0.4, 0.5) is 5.69 Å². The second-order valence-electron chi connectivity index (χ2n) is 8.80. The summed E-state index contributed by atoms with van der Waals surface area (Å²) in [7, 11) is 0. The summed E-state index contributed by atoms with van der Waals surface area (Å²) in [6, 6.07) is 9.38. The standard InChI is InChI=1S/C25H30N2O3S/c1-18-6-8-20(9-7-18)24(29)27(17-23(28)26-12-14-30-15-13-26)22-16-21(31-19(22)2)10-11-25(3,4)5/h6-9,16H,12-15,17H2,1-5H3. The van der Waals surface area contributed by atoms with Gasteiger partial charge < -0.3 is 9.64 Å². The summed E-state index contributed by atoms with van der Waals surface area (Å²) in [5, 5.41) is 0. The first-order valence-corrected chi connectivity index (χ1v) is 11.3. The molecule has 1 aliphatic rings. The first kappa shape index (κ1) is 23.1. The Kier molecular flexibility index (Phi) is 7.19. The van der Waals surface area contributed by atoms with Gasteiger partial charge in [0, 0.05) is 28.9 Å². The Morgan fingerprint density at radius 3 is 2.39 bits per heavy atom. The maximum Gasteiger partial charge on any atom is 0.258 e. The normalized spacial score (nSPS) is 14.0. The van der Waals surface area contributed by atoms with Gasteiger partial charge in [0.05, 0.1) is 23.8 Å². The van der Waals surface area contributed by atoms with Crippen molar-refractivity contribution < 1.29 is 14.3 Å². The Hall–Kier alpha value is -2.62. The van der Waals surface area contributed by atoms with Gasteiger partial charge in [-0.1, -0.05) is 29.5 Å². The van der Waals surface area contributed by atoms with E-state index in [4.69, 9.17) is 4.74 Å². The number of carbonyl (C=O) groups excluding carboxylic acids is 2. The first-order valence-electron chi connectivity index (χ1n) is 10.5. The molecule has 1 aromatic carbocycles. The number of rotatable bonds is 4. The van der Waals surface area contributed by atoms with Crippen molar-refractivity contribution in [2.24, 2.45) is 5.41 Å². The molecule has 1 fully saturated rings. The van der Waals surface area contributed by atoms with Crippen LogP contribution < -0.4 is 4.90 Å². The minimum absolute atomic E-state index is 0.00355. The SMILES string of the molecule is Cc1ccc(C(=O)N(CC(=O)N2CCOCC2)c2cc(C#CC(C)(C)C)sc2C)cc1. The molecule has 2 heterocycles. The average molecular weight is 439 g/mol. The molecule has 3 rings (SSSR count). The minimum atomic E-state index is -0.183. The summed E-state index contributed by atoms with van der Waals surface area (Å²) in [6.07, 6.45) is 0. The van der Waals surface area contributed by atoms with E-state index in [9.17, 15) is 9.59 Å². The van der Waals surface area contributed by atoms with Crippen LogP contribution in [0.1, 0.15) is 46.4 Å². The summed E-state index contributed by atoms with van der Waals surface area (Å²) in [6.45, 7) is 12.3. The minimum Gasteiger partial charge on any atom is -0.378 e. The van der Waals surface area contributed by atoms with Crippen LogP contribution in [0.3, 0.4) is 0 Å². The number of aryl methyl sites for hydroxylation is 2. The molecule has 1 aromatic heterocycles. The number of hydrogen-bond donors (Lipinski definition) is 0. The van der Waals surface area contributed by atoms with Crippen LogP contribution in [-0.2, 0) is 9.53 Å². The highest BCUT2D eigenvalue weighted by atomic mass is 32.1. The van der Waals surface area contributed by atoms with Crippen molar-refractivity contribution in [1.29, 1.82) is 0 Å². The smallest absolute Gasteiger partial charge is 0.258 e. The van der Waals surface area contributed by atoms with Crippen LogP contribution in [0.2, 0.25) is 0 Å². The molecule has 2 amide bonds. The van der Waals surface area contributed by atoms with E-state index < -0.39 is 0 Å². The molecule has 1 aliphatic heterocycles. The number of thiophene rings is 1. The third-order valence-electron chi connectivity index (χ3n) is 4.94. The third kappa shape index (κ3) is 6.19. The average Bonchev–Trinajstić information content (AvgIpc) is 3.11. The third-order valence-corrected chi connectivity index (χ3v) is 5.90. The summed E-state index contributed by atoms with van der Waals surface area (Å²) in [5.41, 5.74) is 2.28. The fourth-order valence-corrected chi connectivity index (χ4v) is 4.09. The van der Waals surface area contributed by atoms with Gasteiger partial charge in [0.2, 0.25) is 5.91 Å². The summed E-state index contributed by atoms with van der Waals surface area (Å²) >= 11 is 1.55. The van der Waals surface area contributed by atoms with Crippen molar-refractivity contribution in [3.63, 3.8) is 0 Å². The van der Waals surface area contributed by atoms with Crippen LogP contribution >= 0.6 is 11.3 Å². The summed E-state index contributed by atoms with van der Waals surface area (Å²) in [4.78, 5) is 31.7. The Balaban J connectivity index is 1.94. The van der Waals surface area contributed by atoms with E-state index >= 15 is 0 Å². The van der Waals surface area contributed by atoms with Crippen LogP contribution in [0.5, 0.6) is 0 Å². The second kappa shape index (κ2) is 9.67. The zero-order valence-corrected chi connectivity index (χ0v) is 19.8. The van der Waals surface area contributed by atoms with E-state index in [0.29, 0.717) is 31.9 Å². The highest BCUT2D eigenvalue weighted by molar-refractivity contribution is 7.13. The van der Waals surface area contributed by atoms with Gasteiger partial charge >= 0.3 is 0 Å². The maximum atomic E-state index is 13.5. The molecule has 6 heteroatoms. The Morgan fingerprint density at radius 2 is 1.77 bits per heavy atom. The number of ether oxygens (including phenoxy) is 1. The Morgan fingerprint density at radius 1 is 1.13 bits per heavy atom. The predicted molar refractivity (Wildman–Crippen MR) is 126 cm³/mol. The van der Waals surface area contributed by atoms with Crippen molar-refractivity contribution in [2.45, 2.75) is 34.6 Å². The van der Waals surface area contributed by atoms with Gasteiger partial charge in [-0.3, -0.25) is 14.5 Å². The number of amides is 2. The van der Waals surface area contributed by atoms with Crippen LogP contribution in [0, 0.1) is 31.1 Å². The molecular weight excluding hydrogens is 408 g/mol. The lowest BCUT2D eigenvalue weighted by Gasteiger charge is -2.30. The van der Waals surface area contributed by atoms with Crippen molar-refractivity contribution in [2.75, 3.05) is 37.7 Å². The molecule has 5 nitrogen and oxygen atoms in total. The zero-order valence-electron chi connectivity index (χ0n) is 18.9. The first-order chi connectivity index (χ1) is 14.6. The topological polar surface area (TPSA) is 49.9 Å². The number of hydrogen-bond acceptors (Lipinski definition) is 4. The number of carbonyl (C=O) groups is 2. The molecular formula is C25H30N2O3S. The predicted octanol–water partition coefficient (Wildman–Crippen LogP) is 4.27. The van der Waals surface area contributed by atoms with Gasteiger partial charge in [0.25, 0.3) is 5.91 Å². The lowest BCUT2D eigenvalue weighted by atomic mass is 9.98. The quantitative estimate of drug-likeness (QED) is 0.670. The molecule has 0 N–H and O–H groups in total. The monoisotopic (exact) mass is 438 g/mol. The van der Waals surface area contributed by atoms with Gasteiger partial charge in [-0.15, -0.1) is 11.3 Å². The van der Waals surface area contributed by atoms with E-state index in [0.717, 1.165) is 21.0 Å². The Labute approximate surface area is 189 Å². The van der Waals surface area contributed by atoms with Crippen molar-refractivity contribution in [3.8, 4) is 11.8 Å². The lowest BCUT2D eigenvalue weighted by molar-refractivity contribution is -0.133. The van der Waals surface area contributed by atoms with Crippen molar-refractivity contribution >= 4 is 28.8 Å². The van der Waals surface area contributed by atoms with E-state index in [2.05, 4.69) is 32.6 Å². The Bertz CT molecular complexity index is 1000. The lowest BCUT2D eigenvalue weighted by Crippen LogP contribution is -2.47. The molecule has 164 valence electrons. The van der Waals surface area contributed by atoms with Gasteiger partial charge in [-0.25, -0.2) is 0 Å². The molecule has 2 aromatic rings. The van der Waals surface area contributed by atoms with E-state index in [1.54, 1.807) is 21.1 Å². The molecule has 0 radical (unpaired) electrons. The van der Waals surface area contributed by atoms with Gasteiger partial charge in [0.1, 0.15) is 6.54 Å². The van der Waals surface area contributed by atoms with Crippen LogP contribution in [0.15, 0.2) is 30.3 Å². The molecule has 0 atom stereocenters. The van der Waals surface area contributed by atoms with Crippen LogP contribution in [-0.4, -0.2) is 49.6 Å². The molecule has 1 saturated heterocycles. The number of nitrogens with zero attached hydrogens (tertiary/aromatic N) is 2. The summed E-state index contributed by atoms with van der Waals surface area (Å²) < 4.78 is 5.36. The molecule has 0 bridgehead atoms. The highest BCUT2D eigenvalue weighted by Gasteiger charge is 2.27. The van der Waals surface area contributed by atoms with Crippen molar-refractivity contribution in [1.82, 2.24) is 4.90 Å². The highest BCUT2D eigenvalue weighted by Crippen LogP contribution is 2.31. The van der Waals surface area contributed by atoms with E-state index in [1.165, 1.54) is 0 Å². The van der Waals surface area contributed by atoms with E-state index in [-0.39, 0.29) is 23.8 Å². The van der Waals surface area contributed by atoms with Gasteiger partial charge in [0.15, 0.2) is 0 Å². The molecule has 31 heavy (non-hydrogen) atoms. The summed E-state index contributed by atoms with van der Waals surface area (Å²) in [5.74, 6) is 6.21. The fourth-order valence-electron chi connectivity index (χ4n) is 3.22. The molecule has 0 aliphatic carbocycles. The van der Waals surface area contributed by atoms with Gasteiger partial charge in [-0.05, 0) is 52.8 Å². The van der Waals surface area contributed by atoms with Gasteiger partial charge in [-0.2, -0.15) is 0 Å². The maximum absolute atomic E-state index is 13.5. The number of morpholine rings is 1. The number of anilines is 1. The van der Waals surface area contributed by atoms with Crippen LogP contribution in [0.25, 0.3) is 0 Å². The largest absolute Gasteiger partial charge is 0.378 e. The molecule has 0 spiro atoms.